The average Bonchev–Trinajstić information content (AvgIpc) is 3.48. The van der Waals surface area contributed by atoms with Gasteiger partial charge in [-0.1, -0.05) is 31.9 Å². The topological polar surface area (TPSA) is 65.0 Å². The number of aromatic nitrogens is 4. The van der Waals surface area contributed by atoms with Crippen LogP contribution in [0.2, 0.25) is 0 Å². The van der Waals surface area contributed by atoms with E-state index in [9.17, 15) is 0 Å². The van der Waals surface area contributed by atoms with E-state index in [1.807, 2.05) is 41.2 Å². The average molecular weight is 562 g/mol. The third-order valence-corrected chi connectivity index (χ3v) is 6.20. The number of nitrogens with zero attached hydrogens (tertiary/aromatic N) is 3. The lowest BCUT2D eigenvalue weighted by molar-refractivity contribution is -0.0366. The molecule has 6 nitrogen and oxygen atoms in total. The van der Waals surface area contributed by atoms with Crippen LogP contribution >= 0.6 is 31.9 Å². The van der Waals surface area contributed by atoms with Gasteiger partial charge in [0, 0.05) is 26.3 Å². The van der Waals surface area contributed by atoms with Crippen LogP contribution in [0, 0.1) is 0 Å². The molecule has 2 aromatic heterocycles. The Morgan fingerprint density at radius 2 is 1.78 bits per heavy atom. The maximum atomic E-state index is 5.75. The molecule has 1 unspecified atom stereocenters. The molecule has 2 aromatic carbocycles. The van der Waals surface area contributed by atoms with Crippen molar-refractivity contribution in [1.82, 2.24) is 20.0 Å². The molecule has 1 atom stereocenters. The Balaban J connectivity index is 0.000000130. The summed E-state index contributed by atoms with van der Waals surface area (Å²) in [6.07, 6.45) is 13.5. The van der Waals surface area contributed by atoms with Gasteiger partial charge in [-0.25, -0.2) is 4.68 Å². The first-order chi connectivity index (χ1) is 15.7. The molecule has 0 spiro atoms. The van der Waals surface area contributed by atoms with E-state index < -0.39 is 0 Å². The molecule has 4 aromatic rings. The number of rotatable bonds is 1. The summed E-state index contributed by atoms with van der Waals surface area (Å²) in [5.74, 6) is 0. The number of fused-ring (bicyclic) bond motifs is 2. The van der Waals surface area contributed by atoms with Gasteiger partial charge in [0.05, 0.1) is 36.3 Å². The minimum Gasteiger partial charge on any atom is -0.502 e. The molecule has 6 rings (SSSR count). The van der Waals surface area contributed by atoms with Gasteiger partial charge < -0.3 is 9.47 Å². The van der Waals surface area contributed by atoms with E-state index >= 15 is 0 Å². The molecule has 8 heteroatoms. The van der Waals surface area contributed by atoms with Crippen LogP contribution in [0.1, 0.15) is 38.3 Å². The van der Waals surface area contributed by atoms with Crippen LogP contribution in [0.3, 0.4) is 0 Å². The van der Waals surface area contributed by atoms with Crippen molar-refractivity contribution in [3.05, 3.63) is 70.1 Å². The van der Waals surface area contributed by atoms with E-state index in [0.717, 1.165) is 50.4 Å². The van der Waals surface area contributed by atoms with E-state index in [1.54, 1.807) is 12.5 Å². The molecule has 2 aliphatic rings. The number of hydrogen-bond acceptors (Lipinski definition) is 4. The first-order valence-electron chi connectivity index (χ1n) is 10.8. The third kappa shape index (κ3) is 6.21. The summed E-state index contributed by atoms with van der Waals surface area (Å²) >= 11 is 6.84. The highest BCUT2D eigenvalue weighted by Crippen LogP contribution is 2.27. The monoisotopic (exact) mass is 560 g/mol. The minimum atomic E-state index is 0.118. The second kappa shape index (κ2) is 11.6. The van der Waals surface area contributed by atoms with Gasteiger partial charge in [0.1, 0.15) is 0 Å². The van der Waals surface area contributed by atoms with Gasteiger partial charge >= 0.3 is 0 Å². The van der Waals surface area contributed by atoms with E-state index in [-0.39, 0.29) is 6.23 Å². The Morgan fingerprint density at radius 1 is 0.938 bits per heavy atom. The largest absolute Gasteiger partial charge is 0.502 e. The molecule has 0 aliphatic carbocycles. The predicted molar refractivity (Wildman–Crippen MR) is 134 cm³/mol. The van der Waals surface area contributed by atoms with Crippen LogP contribution in [0.25, 0.3) is 21.8 Å². The van der Waals surface area contributed by atoms with Crippen molar-refractivity contribution in [2.24, 2.45) is 0 Å². The van der Waals surface area contributed by atoms with Crippen molar-refractivity contribution < 1.29 is 9.47 Å². The van der Waals surface area contributed by atoms with E-state index in [4.69, 9.17) is 9.47 Å². The quantitative estimate of drug-likeness (QED) is 0.268. The number of aromatic amines is 1. The third-order valence-electron chi connectivity index (χ3n) is 5.21. The lowest BCUT2D eigenvalue weighted by Gasteiger charge is -2.23. The first kappa shape index (κ1) is 23.0. The van der Waals surface area contributed by atoms with Gasteiger partial charge in [0.25, 0.3) is 0 Å². The minimum absolute atomic E-state index is 0.118. The van der Waals surface area contributed by atoms with Gasteiger partial charge in [-0.15, -0.1) is 0 Å². The molecule has 0 radical (unpaired) electrons. The SMILES string of the molecule is Brc1ccc2[nH]ncc2c1.Brc1ccc2c(cnn2C2CCCCO2)c1.C1=COCCC1. The zero-order chi connectivity index (χ0) is 22.2. The molecule has 1 fully saturated rings. The molecule has 2 aliphatic heterocycles. The van der Waals surface area contributed by atoms with Gasteiger partial charge in [0.2, 0.25) is 0 Å². The fraction of sp³-hybridized carbons (Fsp3) is 0.333. The summed E-state index contributed by atoms with van der Waals surface area (Å²) in [6.45, 7) is 1.76. The summed E-state index contributed by atoms with van der Waals surface area (Å²) in [6, 6.07) is 12.2. The second-order valence-corrected chi connectivity index (χ2v) is 9.43. The normalized spacial score (nSPS) is 17.8. The number of benzene rings is 2. The maximum Gasteiger partial charge on any atom is 0.150 e. The van der Waals surface area contributed by atoms with Crippen molar-refractivity contribution in [3.63, 3.8) is 0 Å². The number of allylic oxidation sites excluding steroid dienone is 1. The molecule has 1 saturated heterocycles. The lowest BCUT2D eigenvalue weighted by Crippen LogP contribution is -2.18. The zero-order valence-electron chi connectivity index (χ0n) is 17.7. The van der Waals surface area contributed by atoms with Crippen molar-refractivity contribution in [3.8, 4) is 0 Å². The number of halogens is 2. The molecule has 168 valence electrons. The Bertz CT molecular complexity index is 1160. The van der Waals surface area contributed by atoms with Crippen LogP contribution < -0.4 is 0 Å². The molecule has 0 saturated carbocycles. The molecule has 32 heavy (non-hydrogen) atoms. The summed E-state index contributed by atoms with van der Waals surface area (Å²) in [7, 11) is 0. The number of ether oxygens (including phenoxy) is 2. The van der Waals surface area contributed by atoms with Gasteiger partial charge in [-0.05, 0) is 74.6 Å². The molecule has 0 amide bonds. The Hall–Kier alpha value is -2.16. The summed E-state index contributed by atoms with van der Waals surface area (Å²) < 4.78 is 14.8. The van der Waals surface area contributed by atoms with Gasteiger partial charge in [-0.3, -0.25) is 5.10 Å². The van der Waals surface area contributed by atoms with Crippen molar-refractivity contribution in [2.75, 3.05) is 13.2 Å². The summed E-state index contributed by atoms with van der Waals surface area (Å²) in [4.78, 5) is 0. The Kier molecular flexibility index (Phi) is 8.36. The highest BCUT2D eigenvalue weighted by Gasteiger charge is 2.18. The molecule has 4 heterocycles. The van der Waals surface area contributed by atoms with Crippen LogP contribution in [-0.2, 0) is 9.47 Å². The van der Waals surface area contributed by atoms with Crippen LogP contribution in [-0.4, -0.2) is 33.2 Å². The second-order valence-electron chi connectivity index (χ2n) is 7.60. The fourth-order valence-electron chi connectivity index (χ4n) is 3.57. The molecule has 1 N–H and O–H groups in total. The molecular weight excluding hydrogens is 536 g/mol. The van der Waals surface area contributed by atoms with Crippen molar-refractivity contribution >= 4 is 53.7 Å². The zero-order valence-corrected chi connectivity index (χ0v) is 20.9. The smallest absolute Gasteiger partial charge is 0.150 e. The van der Waals surface area contributed by atoms with Crippen LogP contribution in [0.5, 0.6) is 0 Å². The molecular formula is C24H26Br2N4O2. The van der Waals surface area contributed by atoms with E-state index in [2.05, 4.69) is 59.3 Å². The molecule has 0 bridgehead atoms. The first-order valence-corrected chi connectivity index (χ1v) is 12.4. The summed E-state index contributed by atoms with van der Waals surface area (Å²) in [5.41, 5.74) is 2.22. The lowest BCUT2D eigenvalue weighted by atomic mass is 10.2. The predicted octanol–water partition coefficient (Wildman–Crippen LogP) is 7.13. The highest BCUT2D eigenvalue weighted by atomic mass is 79.9. The van der Waals surface area contributed by atoms with Crippen LogP contribution in [0.4, 0.5) is 0 Å². The number of hydrogen-bond donors (Lipinski definition) is 1. The number of nitrogens with one attached hydrogen (secondary N) is 1. The van der Waals surface area contributed by atoms with E-state index in [1.165, 1.54) is 25.7 Å². The van der Waals surface area contributed by atoms with Crippen molar-refractivity contribution in [1.29, 1.82) is 0 Å². The van der Waals surface area contributed by atoms with Gasteiger partial charge in [-0.2, -0.15) is 10.2 Å². The van der Waals surface area contributed by atoms with E-state index in [0.29, 0.717) is 0 Å². The maximum absolute atomic E-state index is 5.75. The van der Waals surface area contributed by atoms with Crippen LogP contribution in [0.15, 0.2) is 70.1 Å². The standard InChI is InChI=1S/C12H13BrN2O.C7H5BrN2.C5H8O/c13-10-4-5-11-9(7-10)8-14-15(11)12-3-1-2-6-16-12;8-6-1-2-7-5(3-6)4-9-10-7;1-2-4-6-5-3-1/h4-5,7-8,12H,1-3,6H2;1-4H,(H,9,10);2,4H,1,3,5H2. The fourth-order valence-corrected chi connectivity index (χ4v) is 4.33. The van der Waals surface area contributed by atoms with Crippen molar-refractivity contribution in [2.45, 2.75) is 38.3 Å². The Labute approximate surface area is 204 Å². The highest BCUT2D eigenvalue weighted by molar-refractivity contribution is 9.10. The number of H-pyrrole nitrogens is 1. The summed E-state index contributed by atoms with van der Waals surface area (Å²) in [5, 5.41) is 13.5. The van der Waals surface area contributed by atoms with Gasteiger partial charge in [0.15, 0.2) is 6.23 Å². The Morgan fingerprint density at radius 3 is 2.47 bits per heavy atom.